The summed E-state index contributed by atoms with van der Waals surface area (Å²) in [6.07, 6.45) is 7.54. The maximum Gasteiger partial charge on any atom is 0.271 e. The first-order chi connectivity index (χ1) is 7.77. The van der Waals surface area contributed by atoms with Crippen LogP contribution in [0.2, 0.25) is 0 Å². The molecule has 5 heteroatoms. The predicted molar refractivity (Wildman–Crippen MR) is 61.9 cm³/mol. The van der Waals surface area contributed by atoms with Crippen LogP contribution in [0.5, 0.6) is 0 Å². The Morgan fingerprint density at radius 3 is 2.94 bits per heavy atom. The molecule has 0 bridgehead atoms. The third-order valence-electron chi connectivity index (χ3n) is 2.32. The lowest BCUT2D eigenvalue weighted by Gasteiger charge is -2.15. The van der Waals surface area contributed by atoms with Crippen molar-refractivity contribution in [1.82, 2.24) is 15.3 Å². The van der Waals surface area contributed by atoms with Crippen LogP contribution in [0.3, 0.4) is 0 Å². The zero-order valence-electron chi connectivity index (χ0n) is 9.52. The molecule has 1 aromatic heterocycles. The Hall–Kier alpha value is -1.49. The summed E-state index contributed by atoms with van der Waals surface area (Å²) >= 11 is 0. The van der Waals surface area contributed by atoms with Crippen molar-refractivity contribution in [2.45, 2.75) is 32.2 Å². The second kappa shape index (κ2) is 6.90. The van der Waals surface area contributed by atoms with Crippen molar-refractivity contribution in [2.24, 2.45) is 5.73 Å². The largest absolute Gasteiger partial charge is 0.347 e. The van der Waals surface area contributed by atoms with Gasteiger partial charge in [-0.1, -0.05) is 19.8 Å². The van der Waals surface area contributed by atoms with Crippen LogP contribution >= 0.6 is 0 Å². The van der Waals surface area contributed by atoms with Crippen molar-refractivity contribution >= 4 is 5.91 Å². The van der Waals surface area contributed by atoms with E-state index in [4.69, 9.17) is 5.73 Å². The van der Waals surface area contributed by atoms with Crippen LogP contribution in [-0.2, 0) is 0 Å². The first-order valence-corrected chi connectivity index (χ1v) is 5.54. The van der Waals surface area contributed by atoms with Gasteiger partial charge in [0.05, 0.1) is 6.20 Å². The van der Waals surface area contributed by atoms with Crippen LogP contribution in [0, 0.1) is 0 Å². The van der Waals surface area contributed by atoms with E-state index >= 15 is 0 Å². The van der Waals surface area contributed by atoms with Crippen molar-refractivity contribution in [3.63, 3.8) is 0 Å². The topological polar surface area (TPSA) is 80.9 Å². The number of carbonyl (C=O) groups excluding carboxylic acids is 1. The number of rotatable bonds is 6. The molecule has 0 spiro atoms. The molecular weight excluding hydrogens is 204 g/mol. The molecule has 1 aromatic rings. The molecule has 1 atom stereocenters. The van der Waals surface area contributed by atoms with Gasteiger partial charge in [-0.25, -0.2) is 4.98 Å². The molecule has 0 aliphatic carbocycles. The SMILES string of the molecule is CCCCC(CN)NC(=O)c1cnccn1. The average Bonchev–Trinajstić information content (AvgIpc) is 2.35. The molecule has 0 radical (unpaired) electrons. The van der Waals surface area contributed by atoms with Gasteiger partial charge in [0, 0.05) is 25.0 Å². The average molecular weight is 222 g/mol. The highest BCUT2D eigenvalue weighted by Crippen LogP contribution is 2.00. The minimum absolute atomic E-state index is 0.0226. The van der Waals surface area contributed by atoms with Crippen LogP contribution in [-0.4, -0.2) is 28.5 Å². The fraction of sp³-hybridized carbons (Fsp3) is 0.545. The van der Waals surface area contributed by atoms with E-state index in [1.165, 1.54) is 18.6 Å². The second-order valence-electron chi connectivity index (χ2n) is 3.64. The lowest BCUT2D eigenvalue weighted by atomic mass is 10.1. The minimum atomic E-state index is -0.209. The number of nitrogens with two attached hydrogens (primary N) is 1. The molecule has 1 amide bonds. The zero-order chi connectivity index (χ0) is 11.8. The highest BCUT2D eigenvalue weighted by Gasteiger charge is 2.12. The summed E-state index contributed by atoms with van der Waals surface area (Å²) in [5.41, 5.74) is 5.92. The fourth-order valence-corrected chi connectivity index (χ4v) is 1.38. The van der Waals surface area contributed by atoms with E-state index < -0.39 is 0 Å². The molecule has 0 saturated heterocycles. The Bertz CT molecular complexity index is 315. The molecule has 0 saturated carbocycles. The summed E-state index contributed by atoms with van der Waals surface area (Å²) < 4.78 is 0. The van der Waals surface area contributed by atoms with Crippen LogP contribution < -0.4 is 11.1 Å². The van der Waals surface area contributed by atoms with Crippen molar-refractivity contribution in [3.8, 4) is 0 Å². The van der Waals surface area contributed by atoms with Crippen molar-refractivity contribution in [2.75, 3.05) is 6.54 Å². The summed E-state index contributed by atoms with van der Waals surface area (Å²) in [4.78, 5) is 19.5. The van der Waals surface area contributed by atoms with Crippen LogP contribution in [0.25, 0.3) is 0 Å². The van der Waals surface area contributed by atoms with Crippen molar-refractivity contribution < 1.29 is 4.79 Å². The van der Waals surface area contributed by atoms with Crippen LogP contribution in [0.1, 0.15) is 36.7 Å². The predicted octanol–water partition coefficient (Wildman–Crippen LogP) is 0.724. The van der Waals surface area contributed by atoms with Gasteiger partial charge in [0.25, 0.3) is 5.91 Å². The maximum atomic E-state index is 11.7. The van der Waals surface area contributed by atoms with E-state index in [-0.39, 0.29) is 11.9 Å². The maximum absolute atomic E-state index is 11.7. The van der Waals surface area contributed by atoms with Gasteiger partial charge in [-0.05, 0) is 6.42 Å². The second-order valence-corrected chi connectivity index (χ2v) is 3.64. The van der Waals surface area contributed by atoms with Crippen LogP contribution in [0.4, 0.5) is 0 Å². The first kappa shape index (κ1) is 12.6. The number of nitrogens with zero attached hydrogens (tertiary/aromatic N) is 2. The highest BCUT2D eigenvalue weighted by atomic mass is 16.1. The Morgan fingerprint density at radius 2 is 2.38 bits per heavy atom. The summed E-state index contributed by atoms with van der Waals surface area (Å²) in [6, 6.07) is 0.0226. The molecule has 0 aliphatic rings. The summed E-state index contributed by atoms with van der Waals surface area (Å²) in [6.45, 7) is 2.56. The monoisotopic (exact) mass is 222 g/mol. The van der Waals surface area contributed by atoms with Crippen molar-refractivity contribution in [3.05, 3.63) is 24.3 Å². The standard InChI is InChI=1S/C11H18N4O/c1-2-3-4-9(7-12)15-11(16)10-8-13-5-6-14-10/h5-6,8-9H,2-4,7,12H2,1H3,(H,15,16). The van der Waals surface area contributed by atoms with E-state index in [9.17, 15) is 4.79 Å². The summed E-state index contributed by atoms with van der Waals surface area (Å²) in [5.74, 6) is -0.209. The van der Waals surface area contributed by atoms with Crippen LogP contribution in [0.15, 0.2) is 18.6 Å². The number of unbranched alkanes of at least 4 members (excludes halogenated alkanes) is 1. The number of hydrogen-bond donors (Lipinski definition) is 2. The van der Waals surface area contributed by atoms with E-state index in [1.807, 2.05) is 0 Å². The van der Waals surface area contributed by atoms with E-state index in [1.54, 1.807) is 0 Å². The lowest BCUT2D eigenvalue weighted by molar-refractivity contribution is 0.0930. The molecular formula is C11H18N4O. The number of hydrogen-bond acceptors (Lipinski definition) is 4. The van der Waals surface area contributed by atoms with Gasteiger partial charge in [-0.3, -0.25) is 9.78 Å². The van der Waals surface area contributed by atoms with Gasteiger partial charge in [0.15, 0.2) is 0 Å². The number of amides is 1. The number of aromatic nitrogens is 2. The smallest absolute Gasteiger partial charge is 0.271 e. The Kier molecular flexibility index (Phi) is 5.42. The molecule has 0 aromatic carbocycles. The molecule has 1 rings (SSSR count). The van der Waals surface area contributed by atoms with Gasteiger partial charge in [0.1, 0.15) is 5.69 Å². The zero-order valence-corrected chi connectivity index (χ0v) is 9.52. The minimum Gasteiger partial charge on any atom is -0.347 e. The van der Waals surface area contributed by atoms with Crippen molar-refractivity contribution in [1.29, 1.82) is 0 Å². The molecule has 1 heterocycles. The van der Waals surface area contributed by atoms with Gasteiger partial charge in [0.2, 0.25) is 0 Å². The Labute approximate surface area is 95.5 Å². The molecule has 0 aliphatic heterocycles. The van der Waals surface area contributed by atoms with E-state index in [0.717, 1.165) is 19.3 Å². The van der Waals surface area contributed by atoms with Gasteiger partial charge in [-0.15, -0.1) is 0 Å². The third-order valence-corrected chi connectivity index (χ3v) is 2.32. The summed E-state index contributed by atoms with van der Waals surface area (Å²) in [5, 5.41) is 2.85. The Morgan fingerprint density at radius 1 is 1.56 bits per heavy atom. The molecule has 16 heavy (non-hydrogen) atoms. The number of carbonyl (C=O) groups is 1. The van der Waals surface area contributed by atoms with E-state index in [2.05, 4.69) is 22.2 Å². The van der Waals surface area contributed by atoms with Gasteiger partial charge in [-0.2, -0.15) is 0 Å². The lowest BCUT2D eigenvalue weighted by Crippen LogP contribution is -2.40. The Balaban J connectivity index is 2.49. The number of nitrogens with one attached hydrogen (secondary N) is 1. The summed E-state index contributed by atoms with van der Waals surface area (Å²) in [7, 11) is 0. The van der Waals surface area contributed by atoms with E-state index in [0.29, 0.717) is 12.2 Å². The van der Waals surface area contributed by atoms with Gasteiger partial charge >= 0.3 is 0 Å². The third kappa shape index (κ3) is 3.94. The quantitative estimate of drug-likeness (QED) is 0.743. The molecule has 0 fully saturated rings. The fourth-order valence-electron chi connectivity index (χ4n) is 1.38. The molecule has 1 unspecified atom stereocenters. The van der Waals surface area contributed by atoms with Gasteiger partial charge < -0.3 is 11.1 Å². The molecule has 3 N–H and O–H groups in total. The highest BCUT2D eigenvalue weighted by molar-refractivity contribution is 5.92. The molecule has 5 nitrogen and oxygen atoms in total. The first-order valence-electron chi connectivity index (χ1n) is 5.54. The molecule has 88 valence electrons. The normalized spacial score (nSPS) is 12.1.